The highest BCUT2D eigenvalue weighted by Gasteiger charge is 2.59. The maximum Gasteiger partial charge on any atom is 0.427 e. The molecule has 6 nitrogen and oxygen atoms in total. The summed E-state index contributed by atoms with van der Waals surface area (Å²) in [7, 11) is 1.07. The van der Waals surface area contributed by atoms with E-state index in [-0.39, 0.29) is 6.04 Å². The number of aliphatic hydroxyl groups is 1. The van der Waals surface area contributed by atoms with Gasteiger partial charge in [-0.25, -0.2) is 4.98 Å². The van der Waals surface area contributed by atoms with Crippen LogP contribution in [0.15, 0.2) is 29.3 Å². The van der Waals surface area contributed by atoms with Crippen molar-refractivity contribution >= 4 is 22.6 Å². The highest BCUT2D eigenvalue weighted by atomic mass is 35.5. The van der Waals surface area contributed by atoms with Crippen LogP contribution in [0.2, 0.25) is 5.02 Å². The van der Waals surface area contributed by atoms with Gasteiger partial charge in [-0.2, -0.15) is 31.4 Å². The number of rotatable bonds is 3. The molecule has 0 radical (unpaired) electrons. The van der Waals surface area contributed by atoms with Gasteiger partial charge in [0.25, 0.3) is 5.56 Å². The summed E-state index contributed by atoms with van der Waals surface area (Å²) in [4.78, 5) is 16.6. The molecule has 1 atom stereocenters. The van der Waals surface area contributed by atoms with Crippen molar-refractivity contribution in [3.8, 4) is 0 Å². The van der Waals surface area contributed by atoms with Crippen molar-refractivity contribution in [3.63, 3.8) is 0 Å². The number of aromatic nitrogens is 4. The second kappa shape index (κ2) is 6.70. The smallest absolute Gasteiger partial charge is 0.371 e. The van der Waals surface area contributed by atoms with Gasteiger partial charge >= 0.3 is 12.4 Å². The van der Waals surface area contributed by atoms with Crippen molar-refractivity contribution in [1.29, 1.82) is 0 Å². The Morgan fingerprint density at radius 3 is 2.29 bits per heavy atom. The SMILES string of the molecule is Cn1nc2c(=O)n(C3CC3)cnc2c1[C@](O)(c1ccc(C(F)(F)F)c(Cl)c1)C(F)(F)F. The normalized spacial score (nSPS) is 17.2. The van der Waals surface area contributed by atoms with Crippen LogP contribution < -0.4 is 5.56 Å². The summed E-state index contributed by atoms with van der Waals surface area (Å²) in [6.45, 7) is 0. The number of alkyl halides is 6. The van der Waals surface area contributed by atoms with Crippen LogP contribution in [0.4, 0.5) is 26.3 Å². The molecule has 0 amide bonds. The summed E-state index contributed by atoms with van der Waals surface area (Å²) in [6.07, 6.45) is -7.82. The van der Waals surface area contributed by atoms with Gasteiger partial charge in [-0.3, -0.25) is 14.0 Å². The van der Waals surface area contributed by atoms with Crippen LogP contribution in [0.5, 0.6) is 0 Å². The van der Waals surface area contributed by atoms with Crippen LogP contribution in [0.1, 0.15) is 35.7 Å². The molecule has 1 saturated carbocycles. The number of hydrogen-bond donors (Lipinski definition) is 1. The van der Waals surface area contributed by atoms with E-state index in [0.29, 0.717) is 35.7 Å². The average molecular weight is 467 g/mol. The lowest BCUT2D eigenvalue weighted by Crippen LogP contribution is -2.45. The highest BCUT2D eigenvalue weighted by Crippen LogP contribution is 2.47. The van der Waals surface area contributed by atoms with E-state index in [0.717, 1.165) is 13.4 Å². The standard InChI is InChI=1S/C18H13ClF6N4O2/c1-28-14(12-13(27-28)15(30)29(7-26-12)9-3-4-9)16(31,18(23,24)25)8-2-5-10(11(19)6-8)17(20,21)22/h2,5-7,9,31H,3-4H2,1H3/t16-/m1/s1. The fourth-order valence-corrected chi connectivity index (χ4v) is 3.78. The lowest BCUT2D eigenvalue weighted by molar-refractivity contribution is -0.250. The lowest BCUT2D eigenvalue weighted by Gasteiger charge is -2.31. The molecule has 1 aliphatic carbocycles. The maximum atomic E-state index is 14.2. The van der Waals surface area contributed by atoms with Crippen LogP contribution in [0, 0.1) is 0 Å². The predicted octanol–water partition coefficient (Wildman–Crippen LogP) is 3.94. The van der Waals surface area contributed by atoms with E-state index in [4.69, 9.17) is 11.6 Å². The van der Waals surface area contributed by atoms with Crippen LogP contribution in [-0.2, 0) is 18.8 Å². The van der Waals surface area contributed by atoms with Gasteiger partial charge in [0, 0.05) is 18.7 Å². The Hall–Kier alpha value is -2.60. The molecule has 1 fully saturated rings. The third-order valence-electron chi connectivity index (χ3n) is 5.16. The third-order valence-corrected chi connectivity index (χ3v) is 5.47. The molecule has 0 saturated heterocycles. The van der Waals surface area contributed by atoms with Crippen molar-refractivity contribution in [2.75, 3.05) is 0 Å². The van der Waals surface area contributed by atoms with Crippen molar-refractivity contribution in [2.24, 2.45) is 7.05 Å². The number of nitrogens with zero attached hydrogens (tertiary/aromatic N) is 4. The van der Waals surface area contributed by atoms with Gasteiger partial charge in [0.2, 0.25) is 5.60 Å². The zero-order valence-corrected chi connectivity index (χ0v) is 16.3. The lowest BCUT2D eigenvalue weighted by atomic mass is 9.88. The van der Waals surface area contributed by atoms with E-state index in [1.54, 1.807) is 0 Å². The fraction of sp³-hybridized carbons (Fsp3) is 0.389. The molecule has 1 N–H and O–H groups in total. The quantitative estimate of drug-likeness (QED) is 0.594. The largest absolute Gasteiger partial charge is 0.427 e. The molecule has 0 spiro atoms. The van der Waals surface area contributed by atoms with Gasteiger partial charge in [0.1, 0.15) is 11.2 Å². The van der Waals surface area contributed by atoms with Gasteiger partial charge < -0.3 is 5.11 Å². The molecule has 4 rings (SSSR count). The van der Waals surface area contributed by atoms with Gasteiger partial charge in [0.05, 0.1) is 16.9 Å². The number of aryl methyl sites for hydroxylation is 1. The van der Waals surface area contributed by atoms with Crippen LogP contribution in [-0.4, -0.2) is 30.6 Å². The zero-order valence-electron chi connectivity index (χ0n) is 15.6. The average Bonchev–Trinajstić information content (AvgIpc) is 3.41. The minimum absolute atomic E-state index is 0.120. The first-order valence-electron chi connectivity index (χ1n) is 8.87. The first-order chi connectivity index (χ1) is 14.3. The minimum atomic E-state index is -5.41. The topological polar surface area (TPSA) is 72.9 Å². The first-order valence-corrected chi connectivity index (χ1v) is 9.25. The summed E-state index contributed by atoms with van der Waals surface area (Å²) in [5.74, 6) is 0. The Balaban J connectivity index is 1.99. The molecule has 0 aliphatic heterocycles. The summed E-state index contributed by atoms with van der Waals surface area (Å²) in [5.41, 5.74) is -8.67. The van der Waals surface area contributed by atoms with Crippen LogP contribution in [0.25, 0.3) is 11.0 Å². The Kier molecular flexibility index (Phi) is 4.67. The second-order valence-electron chi connectivity index (χ2n) is 7.26. The summed E-state index contributed by atoms with van der Waals surface area (Å²) >= 11 is 5.59. The van der Waals surface area contributed by atoms with Gasteiger partial charge in [-0.1, -0.05) is 17.7 Å². The maximum absolute atomic E-state index is 14.2. The summed E-state index contributed by atoms with van der Waals surface area (Å²) < 4.78 is 83.4. The van der Waals surface area contributed by atoms with E-state index in [1.807, 2.05) is 0 Å². The van der Waals surface area contributed by atoms with Crippen molar-refractivity contribution in [2.45, 2.75) is 36.8 Å². The molecule has 31 heavy (non-hydrogen) atoms. The van der Waals surface area contributed by atoms with Gasteiger partial charge in [-0.05, 0) is 25.0 Å². The minimum Gasteiger partial charge on any atom is -0.371 e. The van der Waals surface area contributed by atoms with E-state index >= 15 is 0 Å². The molecule has 1 aromatic carbocycles. The highest BCUT2D eigenvalue weighted by molar-refractivity contribution is 6.31. The molecular weight excluding hydrogens is 454 g/mol. The molecule has 166 valence electrons. The van der Waals surface area contributed by atoms with E-state index in [2.05, 4.69) is 10.1 Å². The Bertz CT molecular complexity index is 1240. The summed E-state index contributed by atoms with van der Waals surface area (Å²) in [5, 5.41) is 13.7. The van der Waals surface area contributed by atoms with Gasteiger partial charge in [0.15, 0.2) is 5.52 Å². The Morgan fingerprint density at radius 2 is 1.77 bits per heavy atom. The fourth-order valence-electron chi connectivity index (χ4n) is 3.50. The van der Waals surface area contributed by atoms with E-state index in [9.17, 15) is 36.2 Å². The van der Waals surface area contributed by atoms with Crippen molar-refractivity contribution < 1.29 is 31.4 Å². The van der Waals surface area contributed by atoms with E-state index < -0.39 is 56.4 Å². The van der Waals surface area contributed by atoms with Crippen molar-refractivity contribution in [3.05, 3.63) is 56.7 Å². The Labute approximate surface area is 174 Å². The summed E-state index contributed by atoms with van der Waals surface area (Å²) in [6, 6.07) is 1.10. The zero-order chi connectivity index (χ0) is 22.9. The molecule has 2 aromatic heterocycles. The number of benzene rings is 1. The monoisotopic (exact) mass is 466 g/mol. The van der Waals surface area contributed by atoms with Gasteiger partial charge in [-0.15, -0.1) is 0 Å². The third kappa shape index (κ3) is 3.28. The van der Waals surface area contributed by atoms with Crippen LogP contribution >= 0.6 is 11.6 Å². The molecule has 1 aliphatic rings. The molecule has 13 heteroatoms. The molecule has 0 bridgehead atoms. The van der Waals surface area contributed by atoms with Crippen LogP contribution in [0.3, 0.4) is 0 Å². The molecule has 3 aromatic rings. The second-order valence-corrected chi connectivity index (χ2v) is 7.67. The number of hydrogen-bond acceptors (Lipinski definition) is 4. The van der Waals surface area contributed by atoms with E-state index in [1.165, 1.54) is 4.57 Å². The number of fused-ring (bicyclic) bond motifs is 1. The first kappa shape index (κ1) is 21.6. The molecule has 0 unspecified atom stereocenters. The molecule has 2 heterocycles. The molecular formula is C18H13ClF6N4O2. The number of halogens is 7. The Morgan fingerprint density at radius 1 is 1.13 bits per heavy atom. The van der Waals surface area contributed by atoms with Crippen molar-refractivity contribution in [1.82, 2.24) is 19.3 Å². The predicted molar refractivity (Wildman–Crippen MR) is 96.5 cm³/mol.